The summed E-state index contributed by atoms with van der Waals surface area (Å²) in [6.07, 6.45) is 3.84. The van der Waals surface area contributed by atoms with Crippen LogP contribution >= 0.6 is 11.8 Å². The highest BCUT2D eigenvalue weighted by Gasteiger charge is 2.05. The lowest BCUT2D eigenvalue weighted by atomic mass is 10.3. The van der Waals surface area contributed by atoms with E-state index in [4.69, 9.17) is 4.74 Å². The molecule has 0 saturated heterocycles. The third-order valence-corrected chi connectivity index (χ3v) is 3.82. The molecule has 0 aliphatic heterocycles. The molecule has 2 rings (SSSR count). The Hall–Kier alpha value is -2.01. The number of ether oxygens (including phenoxy) is 1. The number of amides is 1. The second-order valence-corrected chi connectivity index (χ2v) is 5.73. The van der Waals surface area contributed by atoms with Crippen LogP contribution in [-0.4, -0.2) is 23.3 Å². The van der Waals surface area contributed by atoms with Crippen molar-refractivity contribution in [3.63, 3.8) is 0 Å². The maximum Gasteiger partial charge on any atom is 0.234 e. The number of benzene rings is 1. The minimum atomic E-state index is -0.0543. The maximum absolute atomic E-state index is 12.0. The normalized spacial score (nSPS) is 10.2. The van der Waals surface area contributed by atoms with Crippen LogP contribution in [0.5, 0.6) is 5.75 Å². The van der Waals surface area contributed by atoms with Crippen LogP contribution in [0.3, 0.4) is 0 Å². The lowest BCUT2D eigenvalue weighted by Crippen LogP contribution is -2.14. The number of rotatable bonds is 8. The molecule has 2 aromatic rings. The standard InChI is InChI=1S/C17H20N2O2S/c1-2-3-11-21-15-8-6-7-14(12-15)19-16(20)13-22-17-9-4-5-10-18-17/h4-10,12H,2-3,11,13H2,1H3,(H,19,20). The van der Waals surface area contributed by atoms with Gasteiger partial charge in [0.25, 0.3) is 0 Å². The quantitative estimate of drug-likeness (QED) is 0.591. The molecule has 22 heavy (non-hydrogen) atoms. The first kappa shape index (κ1) is 16.4. The van der Waals surface area contributed by atoms with Gasteiger partial charge >= 0.3 is 0 Å². The highest BCUT2D eigenvalue weighted by molar-refractivity contribution is 7.99. The molecule has 4 nitrogen and oxygen atoms in total. The molecule has 1 aromatic heterocycles. The number of aromatic nitrogens is 1. The SMILES string of the molecule is CCCCOc1cccc(NC(=O)CSc2ccccn2)c1. The van der Waals surface area contributed by atoms with E-state index in [0.29, 0.717) is 12.4 Å². The Labute approximate surface area is 135 Å². The summed E-state index contributed by atoms with van der Waals surface area (Å²) in [4.78, 5) is 16.1. The van der Waals surface area contributed by atoms with Crippen LogP contribution in [0.2, 0.25) is 0 Å². The van der Waals surface area contributed by atoms with Crippen molar-refractivity contribution in [1.29, 1.82) is 0 Å². The van der Waals surface area contributed by atoms with Crippen LogP contribution in [0.4, 0.5) is 5.69 Å². The maximum atomic E-state index is 12.0. The van der Waals surface area contributed by atoms with Gasteiger partial charge in [0.1, 0.15) is 5.75 Å². The number of anilines is 1. The summed E-state index contributed by atoms with van der Waals surface area (Å²) in [5.41, 5.74) is 0.751. The van der Waals surface area contributed by atoms with E-state index in [9.17, 15) is 4.79 Å². The molecule has 0 atom stereocenters. The zero-order chi connectivity index (χ0) is 15.6. The molecular formula is C17H20N2O2S. The van der Waals surface area contributed by atoms with Crippen molar-refractivity contribution in [3.05, 3.63) is 48.7 Å². The van der Waals surface area contributed by atoms with Crippen LogP contribution in [0.15, 0.2) is 53.7 Å². The van der Waals surface area contributed by atoms with Crippen molar-refractivity contribution < 1.29 is 9.53 Å². The van der Waals surface area contributed by atoms with Gasteiger partial charge in [0.05, 0.1) is 17.4 Å². The lowest BCUT2D eigenvalue weighted by molar-refractivity contribution is -0.113. The van der Waals surface area contributed by atoms with Gasteiger partial charge in [0.2, 0.25) is 5.91 Å². The smallest absolute Gasteiger partial charge is 0.234 e. The second-order valence-electron chi connectivity index (χ2n) is 4.73. The van der Waals surface area contributed by atoms with Crippen molar-refractivity contribution in [3.8, 4) is 5.75 Å². The number of nitrogens with one attached hydrogen (secondary N) is 1. The molecule has 0 spiro atoms. The molecule has 1 aromatic carbocycles. The van der Waals surface area contributed by atoms with Crippen molar-refractivity contribution in [2.75, 3.05) is 17.7 Å². The molecule has 0 radical (unpaired) electrons. The van der Waals surface area contributed by atoms with E-state index in [1.807, 2.05) is 42.5 Å². The summed E-state index contributed by atoms with van der Waals surface area (Å²) in [6.45, 7) is 2.82. The van der Waals surface area contributed by atoms with Crippen LogP contribution in [-0.2, 0) is 4.79 Å². The third-order valence-electron chi connectivity index (χ3n) is 2.87. The summed E-state index contributed by atoms with van der Waals surface area (Å²) in [5.74, 6) is 1.06. The van der Waals surface area contributed by atoms with Crippen LogP contribution in [0, 0.1) is 0 Å². The molecule has 0 bridgehead atoms. The van der Waals surface area contributed by atoms with Crippen molar-refractivity contribution in [1.82, 2.24) is 4.98 Å². The Morgan fingerprint density at radius 2 is 2.18 bits per heavy atom. The molecule has 1 N–H and O–H groups in total. The fraction of sp³-hybridized carbons (Fsp3) is 0.294. The lowest BCUT2D eigenvalue weighted by Gasteiger charge is -2.08. The first-order chi connectivity index (χ1) is 10.8. The van der Waals surface area contributed by atoms with E-state index in [-0.39, 0.29) is 5.91 Å². The van der Waals surface area contributed by atoms with Crippen LogP contribution < -0.4 is 10.1 Å². The van der Waals surface area contributed by atoms with Crippen molar-refractivity contribution in [2.24, 2.45) is 0 Å². The molecule has 0 aliphatic rings. The Morgan fingerprint density at radius 3 is 2.95 bits per heavy atom. The number of pyridine rings is 1. The van der Waals surface area contributed by atoms with Gasteiger partial charge in [-0.1, -0.05) is 37.2 Å². The van der Waals surface area contributed by atoms with E-state index in [0.717, 1.165) is 29.3 Å². The van der Waals surface area contributed by atoms with E-state index in [1.54, 1.807) is 6.20 Å². The Kier molecular flexibility index (Phi) is 6.77. The molecule has 0 fully saturated rings. The van der Waals surface area contributed by atoms with Gasteiger partial charge in [-0.25, -0.2) is 4.98 Å². The largest absolute Gasteiger partial charge is 0.494 e. The second kappa shape index (κ2) is 9.10. The fourth-order valence-corrected chi connectivity index (χ4v) is 2.43. The molecule has 0 saturated carbocycles. The number of carbonyl (C=O) groups is 1. The zero-order valence-electron chi connectivity index (χ0n) is 12.6. The topological polar surface area (TPSA) is 51.2 Å². The van der Waals surface area contributed by atoms with Gasteiger partial charge in [-0.05, 0) is 30.7 Å². The minimum Gasteiger partial charge on any atom is -0.494 e. The van der Waals surface area contributed by atoms with Gasteiger partial charge in [-0.2, -0.15) is 0 Å². The van der Waals surface area contributed by atoms with Gasteiger partial charge in [0, 0.05) is 18.0 Å². The van der Waals surface area contributed by atoms with E-state index in [1.165, 1.54) is 11.8 Å². The van der Waals surface area contributed by atoms with Crippen molar-refractivity contribution >= 4 is 23.4 Å². The van der Waals surface area contributed by atoms with Gasteiger partial charge < -0.3 is 10.1 Å². The summed E-state index contributed by atoms with van der Waals surface area (Å²) in [6, 6.07) is 13.1. The van der Waals surface area contributed by atoms with Gasteiger partial charge in [-0.3, -0.25) is 4.79 Å². The number of carbonyl (C=O) groups excluding carboxylic acids is 1. The summed E-state index contributed by atoms with van der Waals surface area (Å²) in [5, 5.41) is 3.72. The van der Waals surface area contributed by atoms with Crippen LogP contribution in [0.25, 0.3) is 0 Å². The predicted molar refractivity (Wildman–Crippen MR) is 90.4 cm³/mol. The summed E-state index contributed by atoms with van der Waals surface area (Å²) in [7, 11) is 0. The van der Waals surface area contributed by atoms with E-state index < -0.39 is 0 Å². The fourth-order valence-electron chi connectivity index (χ4n) is 1.77. The molecular weight excluding hydrogens is 296 g/mol. The summed E-state index contributed by atoms with van der Waals surface area (Å²) >= 11 is 1.41. The molecule has 116 valence electrons. The Bertz CT molecular complexity index is 590. The number of nitrogens with zero attached hydrogens (tertiary/aromatic N) is 1. The number of thioether (sulfide) groups is 1. The number of unbranched alkanes of at least 4 members (excludes halogenated alkanes) is 1. The van der Waals surface area contributed by atoms with E-state index >= 15 is 0 Å². The minimum absolute atomic E-state index is 0.0543. The van der Waals surface area contributed by atoms with Crippen molar-refractivity contribution in [2.45, 2.75) is 24.8 Å². The third kappa shape index (κ3) is 5.77. The van der Waals surface area contributed by atoms with Gasteiger partial charge in [0.15, 0.2) is 0 Å². The summed E-state index contributed by atoms with van der Waals surface area (Å²) < 4.78 is 5.63. The molecule has 1 heterocycles. The highest BCUT2D eigenvalue weighted by atomic mass is 32.2. The zero-order valence-corrected chi connectivity index (χ0v) is 13.4. The molecule has 0 aliphatic carbocycles. The predicted octanol–water partition coefficient (Wildman–Crippen LogP) is 3.99. The average Bonchev–Trinajstić information content (AvgIpc) is 2.55. The first-order valence-electron chi connectivity index (χ1n) is 7.34. The van der Waals surface area contributed by atoms with Gasteiger partial charge in [-0.15, -0.1) is 0 Å². The Morgan fingerprint density at radius 1 is 1.27 bits per heavy atom. The van der Waals surface area contributed by atoms with E-state index in [2.05, 4.69) is 17.2 Å². The van der Waals surface area contributed by atoms with Crippen LogP contribution in [0.1, 0.15) is 19.8 Å². The highest BCUT2D eigenvalue weighted by Crippen LogP contribution is 2.19. The number of hydrogen-bond acceptors (Lipinski definition) is 4. The number of hydrogen-bond donors (Lipinski definition) is 1. The Balaban J connectivity index is 1.82. The average molecular weight is 316 g/mol. The molecule has 1 amide bonds. The monoisotopic (exact) mass is 316 g/mol. The molecule has 0 unspecified atom stereocenters. The first-order valence-corrected chi connectivity index (χ1v) is 8.33. The molecule has 5 heteroatoms.